The lowest BCUT2D eigenvalue weighted by Gasteiger charge is -2.36. The molecule has 0 atom stereocenters. The molecule has 0 bridgehead atoms. The van der Waals surface area contributed by atoms with Crippen LogP contribution in [0.2, 0.25) is 0 Å². The molecule has 1 aromatic carbocycles. The van der Waals surface area contributed by atoms with Gasteiger partial charge in [-0.15, -0.1) is 0 Å². The lowest BCUT2D eigenvalue weighted by atomic mass is 10.1. The maximum atomic E-state index is 12.3. The van der Waals surface area contributed by atoms with Gasteiger partial charge in [-0.1, -0.05) is 22.1 Å². The molecule has 30 heavy (non-hydrogen) atoms. The Bertz CT molecular complexity index is 1140. The molecule has 2 aromatic heterocycles. The molecule has 2 aliphatic rings. The molecule has 0 spiro atoms. The zero-order chi connectivity index (χ0) is 20.9. The van der Waals surface area contributed by atoms with E-state index in [9.17, 15) is 9.00 Å². The molecule has 158 valence electrons. The average molecular weight is 425 g/mol. The third-order valence-corrected chi connectivity index (χ3v) is 7.71. The van der Waals surface area contributed by atoms with Crippen LogP contribution >= 0.6 is 0 Å². The normalized spacial score (nSPS) is 18.1. The molecule has 1 saturated heterocycles. The molecule has 1 N–H and O–H groups in total. The van der Waals surface area contributed by atoms with Crippen LogP contribution in [0.5, 0.6) is 0 Å². The fraction of sp³-hybridized carbons (Fsp3) is 0.391. The number of pyridine rings is 1. The molecule has 5 rings (SSSR count). The third-order valence-electron chi connectivity index (χ3n) is 6.17. The summed E-state index contributed by atoms with van der Waals surface area (Å²) in [6, 6.07) is 12.1. The first-order chi connectivity index (χ1) is 14.4. The standard InChI is InChI=1S/C23H28N4O2S/c1-30(2,29)18-7-5-16(6-8-18)20-15-19-21(9-10-24-22(19)25-20)26-11-13-27(14-12-26)23(28)17-3-4-17/h5-10,15,17,30H,3-4,11-14H2,1-2H3,(H,24,25). The monoisotopic (exact) mass is 424 g/mol. The topological polar surface area (TPSA) is 69.3 Å². The number of benzene rings is 1. The summed E-state index contributed by atoms with van der Waals surface area (Å²) in [6.45, 7) is 3.25. The number of rotatable bonds is 4. The maximum Gasteiger partial charge on any atom is 0.225 e. The molecular weight excluding hydrogens is 396 g/mol. The van der Waals surface area contributed by atoms with Crippen LogP contribution in [0, 0.1) is 5.92 Å². The van der Waals surface area contributed by atoms with Crippen molar-refractivity contribution in [3.8, 4) is 11.3 Å². The molecule has 3 heterocycles. The van der Waals surface area contributed by atoms with Crippen molar-refractivity contribution in [2.45, 2.75) is 17.7 Å². The number of fused-ring (bicyclic) bond motifs is 1. The summed E-state index contributed by atoms with van der Waals surface area (Å²) in [4.78, 5) is 25.6. The first kappa shape index (κ1) is 19.3. The molecule has 0 radical (unpaired) electrons. The van der Waals surface area contributed by atoms with Gasteiger partial charge in [0, 0.05) is 60.0 Å². The van der Waals surface area contributed by atoms with E-state index in [-0.39, 0.29) is 5.92 Å². The van der Waals surface area contributed by atoms with E-state index in [1.54, 1.807) is 12.5 Å². The number of piperazine rings is 1. The molecule has 7 heteroatoms. The van der Waals surface area contributed by atoms with E-state index >= 15 is 0 Å². The Morgan fingerprint density at radius 2 is 1.77 bits per heavy atom. The van der Waals surface area contributed by atoms with Crippen molar-refractivity contribution in [2.24, 2.45) is 5.92 Å². The number of aromatic amines is 1. The Hall–Kier alpha value is -2.67. The lowest BCUT2D eigenvalue weighted by molar-refractivity contribution is -0.132. The van der Waals surface area contributed by atoms with Crippen LogP contribution in [0.15, 0.2) is 47.5 Å². The molecule has 2 fully saturated rings. The van der Waals surface area contributed by atoms with Crippen molar-refractivity contribution in [3.63, 3.8) is 0 Å². The summed E-state index contributed by atoms with van der Waals surface area (Å²) in [5.74, 6) is 0.628. The molecule has 1 aliphatic carbocycles. The van der Waals surface area contributed by atoms with Crippen molar-refractivity contribution < 1.29 is 9.00 Å². The number of carbonyl (C=O) groups excluding carboxylic acids is 1. The van der Waals surface area contributed by atoms with E-state index in [0.29, 0.717) is 5.91 Å². The van der Waals surface area contributed by atoms with Gasteiger partial charge in [0.15, 0.2) is 0 Å². The molecule has 0 unspecified atom stereocenters. The van der Waals surface area contributed by atoms with Crippen LogP contribution in [0.4, 0.5) is 5.69 Å². The van der Waals surface area contributed by atoms with Gasteiger partial charge in [-0.3, -0.25) is 9.00 Å². The fourth-order valence-corrected chi connectivity index (χ4v) is 5.07. The molecule has 1 aliphatic heterocycles. The predicted molar refractivity (Wildman–Crippen MR) is 123 cm³/mol. The van der Waals surface area contributed by atoms with Gasteiger partial charge in [-0.05, 0) is 55.2 Å². The summed E-state index contributed by atoms with van der Waals surface area (Å²) < 4.78 is 12.3. The second-order valence-electron chi connectivity index (χ2n) is 8.76. The smallest absolute Gasteiger partial charge is 0.225 e. The molecule has 1 saturated carbocycles. The number of hydrogen-bond donors (Lipinski definition) is 2. The number of thiol groups is 1. The van der Waals surface area contributed by atoms with Gasteiger partial charge in [0.05, 0.1) is 0 Å². The average Bonchev–Trinajstić information content (AvgIpc) is 3.50. The van der Waals surface area contributed by atoms with E-state index in [1.165, 1.54) is 0 Å². The highest BCUT2D eigenvalue weighted by Crippen LogP contribution is 2.33. The highest BCUT2D eigenvalue weighted by Gasteiger charge is 2.34. The van der Waals surface area contributed by atoms with Crippen LogP contribution < -0.4 is 4.90 Å². The van der Waals surface area contributed by atoms with Crippen LogP contribution in [0.3, 0.4) is 0 Å². The fourth-order valence-electron chi connectivity index (χ4n) is 4.20. The number of nitrogens with zero attached hydrogens (tertiary/aromatic N) is 3. The van der Waals surface area contributed by atoms with E-state index in [2.05, 4.69) is 27.0 Å². The van der Waals surface area contributed by atoms with Gasteiger partial charge in [0.2, 0.25) is 5.91 Å². The second kappa shape index (κ2) is 7.23. The van der Waals surface area contributed by atoms with E-state index in [0.717, 1.165) is 71.9 Å². The van der Waals surface area contributed by atoms with Gasteiger partial charge in [0.25, 0.3) is 0 Å². The predicted octanol–water partition coefficient (Wildman–Crippen LogP) is 2.92. The number of hydrogen-bond acceptors (Lipinski definition) is 4. The Balaban J connectivity index is 1.39. The number of nitrogens with one attached hydrogen (secondary N) is 1. The summed E-state index contributed by atoms with van der Waals surface area (Å²) >= 11 is 0. The van der Waals surface area contributed by atoms with Crippen LogP contribution in [0.1, 0.15) is 12.8 Å². The molecular formula is C23H28N4O2S. The summed E-state index contributed by atoms with van der Waals surface area (Å²) in [6.07, 6.45) is 7.54. The number of carbonyl (C=O) groups is 1. The maximum absolute atomic E-state index is 12.3. The Kier molecular flexibility index (Phi) is 4.65. The van der Waals surface area contributed by atoms with Crippen molar-refractivity contribution in [1.29, 1.82) is 0 Å². The molecule has 3 aromatic rings. The van der Waals surface area contributed by atoms with Gasteiger partial charge in [0.1, 0.15) is 5.65 Å². The quantitative estimate of drug-likeness (QED) is 0.632. The number of aromatic nitrogens is 2. The van der Waals surface area contributed by atoms with Gasteiger partial charge in [-0.25, -0.2) is 4.98 Å². The zero-order valence-electron chi connectivity index (χ0n) is 17.5. The van der Waals surface area contributed by atoms with Gasteiger partial charge < -0.3 is 14.8 Å². The van der Waals surface area contributed by atoms with E-state index in [4.69, 9.17) is 0 Å². The van der Waals surface area contributed by atoms with Crippen LogP contribution in [-0.4, -0.2) is 63.7 Å². The number of anilines is 1. The van der Waals surface area contributed by atoms with Gasteiger partial charge >= 0.3 is 0 Å². The van der Waals surface area contributed by atoms with E-state index < -0.39 is 9.93 Å². The van der Waals surface area contributed by atoms with Crippen molar-refractivity contribution in [1.82, 2.24) is 14.9 Å². The third kappa shape index (κ3) is 3.62. The second-order valence-corrected chi connectivity index (χ2v) is 12.0. The van der Waals surface area contributed by atoms with Crippen molar-refractivity contribution in [3.05, 3.63) is 42.6 Å². The van der Waals surface area contributed by atoms with Crippen LogP contribution in [0.25, 0.3) is 22.3 Å². The lowest BCUT2D eigenvalue weighted by Crippen LogP contribution is -2.49. The highest BCUT2D eigenvalue weighted by molar-refractivity contribution is 8.01. The summed E-state index contributed by atoms with van der Waals surface area (Å²) in [5, 5.41) is 1.09. The largest absolute Gasteiger partial charge is 0.367 e. The number of H-pyrrole nitrogens is 1. The molecule has 1 amide bonds. The molecule has 6 nitrogen and oxygen atoms in total. The summed E-state index contributed by atoms with van der Waals surface area (Å²) in [7, 11) is -2.26. The number of amides is 1. The Morgan fingerprint density at radius 3 is 2.40 bits per heavy atom. The van der Waals surface area contributed by atoms with Gasteiger partial charge in [-0.2, -0.15) is 0 Å². The van der Waals surface area contributed by atoms with Crippen LogP contribution in [-0.2, 0) is 14.7 Å². The van der Waals surface area contributed by atoms with Crippen molar-refractivity contribution >= 4 is 32.6 Å². The SMILES string of the molecule is C[SH](C)(=O)c1ccc(-c2cc3c(N4CCN(C(=O)C5CC5)CC4)ccnc3[nH]2)cc1. The first-order valence-corrected chi connectivity index (χ1v) is 13.2. The van der Waals surface area contributed by atoms with Crippen molar-refractivity contribution in [2.75, 3.05) is 43.6 Å². The minimum absolute atomic E-state index is 0.289. The highest BCUT2D eigenvalue weighted by atomic mass is 32.2. The Morgan fingerprint density at radius 1 is 1.07 bits per heavy atom. The first-order valence-electron chi connectivity index (χ1n) is 10.6. The zero-order valence-corrected chi connectivity index (χ0v) is 18.4. The minimum Gasteiger partial charge on any atom is -0.367 e. The summed E-state index contributed by atoms with van der Waals surface area (Å²) in [5.41, 5.74) is 4.07. The van der Waals surface area contributed by atoms with E-state index in [1.807, 2.05) is 35.4 Å². The minimum atomic E-state index is -2.26. The Labute approximate surface area is 177 Å².